The number of nitrogens with zero attached hydrogens (tertiary/aromatic N) is 1. The van der Waals surface area contributed by atoms with E-state index in [1.165, 1.54) is 12.1 Å². The summed E-state index contributed by atoms with van der Waals surface area (Å²) in [6.07, 6.45) is 2.55. The van der Waals surface area contributed by atoms with Crippen LogP contribution in [0.5, 0.6) is 0 Å². The van der Waals surface area contributed by atoms with E-state index in [9.17, 15) is 14.9 Å². The Bertz CT molecular complexity index is 1010. The molecular formula is C23H20N2O3. The number of aryl methyl sites for hydroxylation is 1. The Labute approximate surface area is 163 Å². The van der Waals surface area contributed by atoms with Crippen molar-refractivity contribution >= 4 is 28.9 Å². The van der Waals surface area contributed by atoms with Crippen molar-refractivity contribution in [3.63, 3.8) is 0 Å². The van der Waals surface area contributed by atoms with Gasteiger partial charge in [0, 0.05) is 23.4 Å². The summed E-state index contributed by atoms with van der Waals surface area (Å²) in [5.41, 5.74) is 3.81. The standard InChI is InChI=1S/C23H20N2O3/c1-2-18-8-6-7-11-22(18)24-23(26)21(19-9-4-3-5-10-19)16-17-12-14-20(15-13-17)25(27)28/h3-16H,2H2,1H3,(H,24,26)/b21-16+. The molecule has 0 bridgehead atoms. The predicted octanol–water partition coefficient (Wildman–Crippen LogP) is 5.34. The molecule has 0 atom stereocenters. The first kappa shape index (κ1) is 19.0. The van der Waals surface area contributed by atoms with Gasteiger partial charge in [0.05, 0.1) is 4.92 Å². The Kier molecular flexibility index (Phi) is 5.97. The average Bonchev–Trinajstić information content (AvgIpc) is 2.73. The zero-order valence-corrected chi connectivity index (χ0v) is 15.5. The first-order chi connectivity index (χ1) is 13.6. The molecule has 3 rings (SSSR count). The summed E-state index contributed by atoms with van der Waals surface area (Å²) in [4.78, 5) is 23.5. The Balaban J connectivity index is 1.97. The minimum atomic E-state index is -0.444. The molecule has 1 amide bonds. The fourth-order valence-electron chi connectivity index (χ4n) is 2.90. The summed E-state index contributed by atoms with van der Waals surface area (Å²) in [5, 5.41) is 13.8. The second-order valence-electron chi connectivity index (χ2n) is 6.24. The molecule has 0 saturated carbocycles. The molecule has 3 aromatic carbocycles. The molecule has 0 saturated heterocycles. The third-order valence-corrected chi connectivity index (χ3v) is 4.39. The number of nitro groups is 1. The van der Waals surface area contributed by atoms with E-state index in [0.29, 0.717) is 11.1 Å². The van der Waals surface area contributed by atoms with Crippen molar-refractivity contribution in [1.29, 1.82) is 0 Å². The molecule has 28 heavy (non-hydrogen) atoms. The van der Waals surface area contributed by atoms with Crippen LogP contribution in [0.15, 0.2) is 78.9 Å². The normalized spacial score (nSPS) is 11.1. The fourth-order valence-corrected chi connectivity index (χ4v) is 2.90. The van der Waals surface area contributed by atoms with Crippen LogP contribution in [0.4, 0.5) is 11.4 Å². The summed E-state index contributed by atoms with van der Waals surface area (Å²) in [5.74, 6) is -0.231. The van der Waals surface area contributed by atoms with Gasteiger partial charge >= 0.3 is 0 Å². The van der Waals surface area contributed by atoms with Crippen LogP contribution in [-0.4, -0.2) is 10.8 Å². The molecule has 0 aliphatic rings. The fraction of sp³-hybridized carbons (Fsp3) is 0.0870. The van der Waals surface area contributed by atoms with Gasteiger partial charge in [0.1, 0.15) is 0 Å². The van der Waals surface area contributed by atoms with Gasteiger partial charge in [-0.2, -0.15) is 0 Å². The third-order valence-electron chi connectivity index (χ3n) is 4.39. The zero-order chi connectivity index (χ0) is 19.9. The highest BCUT2D eigenvalue weighted by atomic mass is 16.6. The Hall–Kier alpha value is -3.73. The second-order valence-corrected chi connectivity index (χ2v) is 6.24. The number of rotatable bonds is 6. The monoisotopic (exact) mass is 372 g/mol. The quantitative estimate of drug-likeness (QED) is 0.275. The molecule has 0 heterocycles. The van der Waals surface area contributed by atoms with Gasteiger partial charge < -0.3 is 5.32 Å². The SMILES string of the molecule is CCc1ccccc1NC(=O)/C(=C/c1ccc([N+](=O)[O-])cc1)c1ccccc1. The first-order valence-corrected chi connectivity index (χ1v) is 8.99. The molecule has 0 aliphatic heterocycles. The van der Waals surface area contributed by atoms with Crippen molar-refractivity contribution in [2.45, 2.75) is 13.3 Å². The lowest BCUT2D eigenvalue weighted by molar-refractivity contribution is -0.384. The Morgan fingerprint density at radius 3 is 2.25 bits per heavy atom. The number of para-hydroxylation sites is 1. The maximum atomic E-state index is 13.1. The molecule has 0 fully saturated rings. The van der Waals surface area contributed by atoms with E-state index >= 15 is 0 Å². The topological polar surface area (TPSA) is 72.2 Å². The van der Waals surface area contributed by atoms with Gasteiger partial charge in [0.15, 0.2) is 0 Å². The number of carbonyl (C=O) groups is 1. The van der Waals surface area contributed by atoms with Crippen molar-refractivity contribution < 1.29 is 9.72 Å². The van der Waals surface area contributed by atoms with E-state index in [1.54, 1.807) is 18.2 Å². The van der Waals surface area contributed by atoms with Crippen LogP contribution in [0, 0.1) is 10.1 Å². The number of benzene rings is 3. The highest BCUT2D eigenvalue weighted by molar-refractivity contribution is 6.29. The van der Waals surface area contributed by atoms with Gasteiger partial charge in [-0.15, -0.1) is 0 Å². The van der Waals surface area contributed by atoms with Crippen LogP contribution in [0.3, 0.4) is 0 Å². The van der Waals surface area contributed by atoms with Gasteiger partial charge in [-0.1, -0.05) is 55.5 Å². The van der Waals surface area contributed by atoms with Crippen molar-refractivity contribution in [2.24, 2.45) is 0 Å². The van der Waals surface area contributed by atoms with E-state index < -0.39 is 4.92 Å². The number of nitro benzene ring substituents is 1. The summed E-state index contributed by atoms with van der Waals surface area (Å²) >= 11 is 0. The van der Waals surface area contributed by atoms with Gasteiger partial charge in [-0.25, -0.2) is 0 Å². The number of non-ortho nitro benzene ring substituents is 1. The summed E-state index contributed by atoms with van der Waals surface area (Å²) in [6, 6.07) is 23.2. The average molecular weight is 372 g/mol. The van der Waals surface area contributed by atoms with Gasteiger partial charge in [0.25, 0.3) is 11.6 Å². The number of carbonyl (C=O) groups excluding carboxylic acids is 1. The van der Waals surface area contributed by atoms with Gasteiger partial charge in [0.2, 0.25) is 0 Å². The second kappa shape index (κ2) is 8.77. The zero-order valence-electron chi connectivity index (χ0n) is 15.5. The molecule has 0 radical (unpaired) electrons. The van der Waals surface area contributed by atoms with E-state index in [0.717, 1.165) is 23.2 Å². The first-order valence-electron chi connectivity index (χ1n) is 8.99. The van der Waals surface area contributed by atoms with Crippen LogP contribution in [0.1, 0.15) is 23.6 Å². The number of nitrogens with one attached hydrogen (secondary N) is 1. The lowest BCUT2D eigenvalue weighted by atomic mass is 10.0. The van der Waals surface area contributed by atoms with Crippen molar-refractivity contribution in [1.82, 2.24) is 0 Å². The molecule has 3 aromatic rings. The molecule has 5 heteroatoms. The van der Waals surface area contributed by atoms with Crippen LogP contribution < -0.4 is 5.32 Å². The minimum absolute atomic E-state index is 0.0136. The molecule has 0 aliphatic carbocycles. The van der Waals surface area contributed by atoms with Gasteiger partial charge in [-0.3, -0.25) is 14.9 Å². The van der Waals surface area contributed by atoms with E-state index in [-0.39, 0.29) is 11.6 Å². The maximum Gasteiger partial charge on any atom is 0.269 e. The largest absolute Gasteiger partial charge is 0.322 e. The number of amides is 1. The van der Waals surface area contributed by atoms with Crippen molar-refractivity contribution in [3.05, 3.63) is 106 Å². The smallest absolute Gasteiger partial charge is 0.269 e. The molecule has 0 aromatic heterocycles. The lowest BCUT2D eigenvalue weighted by Crippen LogP contribution is -2.14. The highest BCUT2D eigenvalue weighted by Crippen LogP contribution is 2.23. The van der Waals surface area contributed by atoms with E-state index in [2.05, 4.69) is 5.32 Å². The number of hydrogen-bond acceptors (Lipinski definition) is 3. The van der Waals surface area contributed by atoms with E-state index in [4.69, 9.17) is 0 Å². The molecule has 5 nitrogen and oxygen atoms in total. The lowest BCUT2D eigenvalue weighted by Gasteiger charge is -2.12. The molecular weight excluding hydrogens is 352 g/mol. The minimum Gasteiger partial charge on any atom is -0.322 e. The summed E-state index contributed by atoms with van der Waals surface area (Å²) in [6.45, 7) is 2.04. The van der Waals surface area contributed by atoms with Crippen LogP contribution in [-0.2, 0) is 11.2 Å². The predicted molar refractivity (Wildman–Crippen MR) is 112 cm³/mol. The number of hydrogen-bond donors (Lipinski definition) is 1. The highest BCUT2D eigenvalue weighted by Gasteiger charge is 2.14. The van der Waals surface area contributed by atoms with Crippen LogP contribution in [0.2, 0.25) is 0 Å². The molecule has 1 N–H and O–H groups in total. The van der Waals surface area contributed by atoms with Crippen LogP contribution >= 0.6 is 0 Å². The number of anilines is 1. The van der Waals surface area contributed by atoms with E-state index in [1.807, 2.05) is 61.5 Å². The molecule has 0 unspecified atom stereocenters. The molecule has 140 valence electrons. The Morgan fingerprint density at radius 2 is 1.61 bits per heavy atom. The summed E-state index contributed by atoms with van der Waals surface area (Å²) in [7, 11) is 0. The van der Waals surface area contributed by atoms with Crippen LogP contribution in [0.25, 0.3) is 11.6 Å². The van der Waals surface area contributed by atoms with Crippen molar-refractivity contribution in [2.75, 3.05) is 5.32 Å². The third kappa shape index (κ3) is 4.51. The summed E-state index contributed by atoms with van der Waals surface area (Å²) < 4.78 is 0. The van der Waals surface area contributed by atoms with Gasteiger partial charge in [-0.05, 0) is 47.4 Å². The van der Waals surface area contributed by atoms with Crippen molar-refractivity contribution in [3.8, 4) is 0 Å². The Morgan fingerprint density at radius 1 is 0.964 bits per heavy atom. The maximum absolute atomic E-state index is 13.1. The molecule has 0 spiro atoms.